The maximum Gasteiger partial charge on any atom is 1.00 e. The summed E-state index contributed by atoms with van der Waals surface area (Å²) in [4.78, 5) is 29.6. The fraction of sp³-hybridized carbons (Fsp3) is 0.211. The summed E-state index contributed by atoms with van der Waals surface area (Å²) in [5.74, 6) is 1.65. The Morgan fingerprint density at radius 1 is 0.500 bits per heavy atom. The summed E-state index contributed by atoms with van der Waals surface area (Å²) in [6.45, 7) is 4.53. The van der Waals surface area contributed by atoms with Gasteiger partial charge >= 0.3 is 59.1 Å². The zero-order valence-corrected chi connectivity index (χ0v) is 39.3. The van der Waals surface area contributed by atoms with Crippen LogP contribution in [0.2, 0.25) is 0 Å². The maximum absolute atomic E-state index is 11.5. The van der Waals surface area contributed by atoms with Gasteiger partial charge in [-0.15, -0.1) is 0 Å². The topological polar surface area (TPSA) is 293 Å². The number of nitrogens with zero attached hydrogens (tertiary/aromatic N) is 8. The van der Waals surface area contributed by atoms with E-state index in [1.54, 1.807) is 12.1 Å². The molecule has 4 heterocycles. The van der Waals surface area contributed by atoms with E-state index >= 15 is 0 Å². The van der Waals surface area contributed by atoms with Gasteiger partial charge in [0.15, 0.2) is 11.6 Å². The maximum atomic E-state index is 11.5. The Hall–Kier alpha value is -4.56. The number of anilines is 8. The molecule has 62 heavy (non-hydrogen) atoms. The van der Waals surface area contributed by atoms with Crippen molar-refractivity contribution in [1.82, 2.24) is 29.9 Å². The minimum atomic E-state index is -4.74. The molecule has 2 saturated heterocycles. The third-order valence-corrected chi connectivity index (χ3v) is 10.8. The summed E-state index contributed by atoms with van der Waals surface area (Å²) in [6, 6.07) is 27.0. The Kier molecular flexibility index (Phi) is 17.0. The first kappa shape index (κ1) is 48.5. The van der Waals surface area contributed by atoms with Crippen molar-refractivity contribution in [2.24, 2.45) is 0 Å². The van der Waals surface area contributed by atoms with Crippen LogP contribution in [0.5, 0.6) is 0 Å². The van der Waals surface area contributed by atoms with Crippen LogP contribution >= 0.6 is 0 Å². The number of morpholine rings is 2. The first-order valence-electron chi connectivity index (χ1n) is 18.3. The molecule has 4 aromatic carbocycles. The average molecular weight is 901 g/mol. The normalized spacial score (nSPS) is 14.0. The number of nitrogens with one attached hydrogen (secondary N) is 2. The van der Waals surface area contributed by atoms with Crippen molar-refractivity contribution in [1.29, 1.82) is 0 Å². The van der Waals surface area contributed by atoms with Gasteiger partial charge < -0.3 is 50.5 Å². The predicted molar refractivity (Wildman–Crippen MR) is 221 cm³/mol. The second-order valence-electron chi connectivity index (χ2n) is 13.1. The van der Waals surface area contributed by atoms with Crippen LogP contribution in [0.1, 0.15) is 0 Å². The first-order chi connectivity index (χ1) is 28.8. The largest absolute Gasteiger partial charge is 1.00 e. The van der Waals surface area contributed by atoms with Crippen molar-refractivity contribution in [2.45, 2.75) is 9.79 Å². The third kappa shape index (κ3) is 12.3. The number of nitrogens with two attached hydrogens (primary N) is 2. The number of hydrogen-bond donors (Lipinski definition) is 4. The zero-order valence-electron chi connectivity index (χ0n) is 33.7. The number of hydrogen-bond acceptors (Lipinski definition) is 20. The molecule has 2 fully saturated rings. The second kappa shape index (κ2) is 21.7. The number of ether oxygens (including phenoxy) is 2. The predicted octanol–water partition coefficient (Wildman–Crippen LogP) is -2.78. The third-order valence-electron chi connectivity index (χ3n) is 9.05. The van der Waals surface area contributed by atoms with Gasteiger partial charge in [0.2, 0.25) is 23.8 Å². The van der Waals surface area contributed by atoms with Crippen LogP contribution in [-0.2, 0) is 29.7 Å². The molecule has 0 bridgehead atoms. The van der Waals surface area contributed by atoms with Gasteiger partial charge in [-0.2, -0.15) is 29.9 Å². The molecular weight excluding hydrogens is 863 g/mol. The fourth-order valence-electron chi connectivity index (χ4n) is 6.11. The van der Waals surface area contributed by atoms with E-state index in [1.165, 1.54) is 12.1 Å². The van der Waals surface area contributed by atoms with E-state index in [0.717, 1.165) is 23.5 Å². The fourth-order valence-corrected chi connectivity index (χ4v) is 7.36. The number of benzene rings is 4. The van der Waals surface area contributed by atoms with Crippen LogP contribution in [0, 0.1) is 0 Å². The summed E-state index contributed by atoms with van der Waals surface area (Å²) < 4.78 is 80.0. The summed E-state index contributed by atoms with van der Waals surface area (Å²) >= 11 is 0. The van der Waals surface area contributed by atoms with Crippen LogP contribution in [0.3, 0.4) is 0 Å². The Balaban J connectivity index is 0.000000227. The zero-order chi connectivity index (χ0) is 42.3. The molecule has 8 rings (SSSR count). The van der Waals surface area contributed by atoms with Gasteiger partial charge in [-0.1, -0.05) is 48.5 Å². The Morgan fingerprint density at radius 3 is 1.19 bits per heavy atom. The standard InChI is InChI=1S/2C19H20N6O4S.2Na/c2*20-16-14(7-4-8-15(16)30(26,27)28)17-22-18(21-13-5-2-1-3-6-13)24-19(23-17)25-9-11-29-12-10-25;;/h2*1-8H,9-12,20H2,(H,26,27,28)(H,21,22,23,24);;/q;;2*+1/p-2. The molecule has 2 aromatic heterocycles. The SMILES string of the molecule is Nc1c(-c2nc(Nc3ccccc3)nc(N3CCOCC3)n2)cccc1S(=O)(=O)[O-].Nc1c(-c2nc(Nc3ccccc3)nc(N3CCOCC3)n2)cccc1S(=O)(=O)[O-].[Na+].[Na+]. The molecule has 0 amide bonds. The summed E-state index contributed by atoms with van der Waals surface area (Å²) in [7, 11) is -9.48. The molecule has 6 N–H and O–H groups in total. The summed E-state index contributed by atoms with van der Waals surface area (Å²) in [5.41, 5.74) is 13.6. The Bertz CT molecular complexity index is 2500. The van der Waals surface area contributed by atoms with Crippen LogP contribution in [-0.4, -0.2) is 108 Å². The summed E-state index contributed by atoms with van der Waals surface area (Å²) in [5, 5.41) is 6.23. The van der Waals surface area contributed by atoms with E-state index in [2.05, 4.69) is 40.5 Å². The molecule has 0 radical (unpaired) electrons. The van der Waals surface area contributed by atoms with E-state index in [-0.39, 0.29) is 105 Å². The molecule has 312 valence electrons. The Morgan fingerprint density at radius 2 is 0.855 bits per heavy atom. The number of aromatic nitrogens is 6. The first-order valence-corrected chi connectivity index (χ1v) is 21.2. The van der Waals surface area contributed by atoms with Crippen LogP contribution < -0.4 is 91.0 Å². The molecule has 2 aliphatic heterocycles. The van der Waals surface area contributed by atoms with Gasteiger partial charge in [-0.3, -0.25) is 0 Å². The molecule has 24 heteroatoms. The van der Waals surface area contributed by atoms with Crippen LogP contribution in [0.25, 0.3) is 22.8 Å². The average Bonchev–Trinajstić information content (AvgIpc) is 3.24. The quantitative estimate of drug-likeness (QED) is 0.0614. The molecule has 6 aromatic rings. The minimum absolute atomic E-state index is 0. The van der Waals surface area contributed by atoms with Crippen molar-refractivity contribution in [3.63, 3.8) is 0 Å². The van der Waals surface area contributed by atoms with Gasteiger partial charge in [-0.25, -0.2) is 16.8 Å². The van der Waals surface area contributed by atoms with Gasteiger partial charge in [0.1, 0.15) is 20.2 Å². The molecule has 0 unspecified atom stereocenters. The monoisotopic (exact) mass is 900 g/mol. The van der Waals surface area contributed by atoms with Gasteiger partial charge in [-0.05, 0) is 48.5 Å². The number of rotatable bonds is 10. The molecule has 0 atom stereocenters. The Labute approximate surface area is 402 Å². The smallest absolute Gasteiger partial charge is 0.744 e. The molecular formula is C38H38N12Na2O8S2. The van der Waals surface area contributed by atoms with E-state index in [0.29, 0.717) is 64.5 Å². The van der Waals surface area contributed by atoms with Gasteiger partial charge in [0.25, 0.3) is 0 Å². The molecule has 20 nitrogen and oxygen atoms in total. The van der Waals surface area contributed by atoms with Crippen molar-refractivity contribution < 1.29 is 94.5 Å². The van der Waals surface area contributed by atoms with E-state index in [1.807, 2.05) is 70.5 Å². The van der Waals surface area contributed by atoms with Gasteiger partial charge in [0, 0.05) is 48.7 Å². The summed E-state index contributed by atoms with van der Waals surface area (Å²) in [6.07, 6.45) is 0. The van der Waals surface area contributed by atoms with E-state index in [4.69, 9.17) is 20.9 Å². The van der Waals surface area contributed by atoms with Crippen LogP contribution in [0.4, 0.5) is 46.5 Å². The number of para-hydroxylation sites is 4. The van der Waals surface area contributed by atoms with Crippen molar-refractivity contribution in [2.75, 3.05) is 84.5 Å². The molecule has 0 saturated carbocycles. The molecule has 0 aliphatic carbocycles. The van der Waals surface area contributed by atoms with Crippen molar-refractivity contribution in [3.8, 4) is 22.8 Å². The van der Waals surface area contributed by atoms with Gasteiger partial charge in [0.05, 0.1) is 47.6 Å². The van der Waals surface area contributed by atoms with E-state index < -0.39 is 30.0 Å². The number of nitrogen functional groups attached to an aromatic ring is 2. The second-order valence-corrected chi connectivity index (χ2v) is 15.8. The van der Waals surface area contributed by atoms with Crippen molar-refractivity contribution >= 4 is 66.8 Å². The van der Waals surface area contributed by atoms with Crippen molar-refractivity contribution in [3.05, 3.63) is 97.1 Å². The molecule has 2 aliphatic rings. The molecule has 0 spiro atoms. The minimum Gasteiger partial charge on any atom is -0.744 e. The van der Waals surface area contributed by atoms with Crippen LogP contribution in [0.15, 0.2) is 107 Å². The van der Waals surface area contributed by atoms with E-state index in [9.17, 15) is 25.9 Å².